The molecule has 10 atom stereocenters. The number of aliphatic hydroxyl groups is 5. The molecular formula is C24H51N6O11-. The molecular weight excluding hydrogens is 548 g/mol. The number of ether oxygens (including phenoxy) is 4. The smallest absolute Gasteiger partial charge is 0.187 e. The molecule has 0 amide bonds. The van der Waals surface area contributed by atoms with Crippen LogP contribution >= 0.6 is 0 Å². The summed E-state index contributed by atoms with van der Waals surface area (Å²) in [5, 5.41) is 83.6. The standard InChI is InChI=1S/C23H48N6O11.CH4/c1-14-17(31)18(32)22(16(13-30)38-14)40-23-20(34)19(33)21(37-2)15(39-23)12-26-8-4-7-25-9-5-11-28(10-3-6-24)29(36)27-35;/h14-23,25-26,30-35H,3-13,24H2,1-2H3;1H4/p-1/b29-27-;/t14-,15-,16-,17+,18-,19-,20-,21-,22?,23-;/m1./s1. The van der Waals surface area contributed by atoms with Crippen LogP contribution in [0.2, 0.25) is 0 Å². The van der Waals surface area contributed by atoms with Gasteiger partial charge in [0.2, 0.25) is 0 Å². The van der Waals surface area contributed by atoms with E-state index >= 15 is 0 Å². The number of hydrazine groups is 1. The summed E-state index contributed by atoms with van der Waals surface area (Å²) >= 11 is 0. The first kappa shape index (κ1) is 37.5. The van der Waals surface area contributed by atoms with E-state index in [9.17, 15) is 35.9 Å². The Morgan fingerprint density at radius 3 is 2.20 bits per heavy atom. The summed E-state index contributed by atoms with van der Waals surface area (Å²) in [4.78, 5) is 0.0472. The number of nitrogens with zero attached hydrogens (tertiary/aromatic N) is 3. The molecule has 0 aromatic rings. The highest BCUT2D eigenvalue weighted by Gasteiger charge is 2.50. The van der Waals surface area contributed by atoms with Crippen LogP contribution < -0.4 is 16.4 Å². The first-order chi connectivity index (χ1) is 19.2. The van der Waals surface area contributed by atoms with E-state index in [0.29, 0.717) is 52.1 Å². The highest BCUT2D eigenvalue weighted by Crippen LogP contribution is 2.29. The molecule has 2 aliphatic rings. The van der Waals surface area contributed by atoms with Crippen molar-refractivity contribution in [3.05, 3.63) is 10.4 Å². The minimum atomic E-state index is -1.52. The third kappa shape index (κ3) is 10.9. The van der Waals surface area contributed by atoms with Gasteiger partial charge in [-0.2, -0.15) is 0 Å². The van der Waals surface area contributed by atoms with Crippen LogP contribution in [-0.4, -0.2) is 156 Å². The van der Waals surface area contributed by atoms with Crippen LogP contribution in [0.3, 0.4) is 0 Å². The number of rotatable bonds is 18. The minimum absolute atomic E-state index is 0. The normalized spacial score (nSPS) is 34.3. The largest absolute Gasteiger partial charge is 0.737 e. The maximum atomic E-state index is 11.5. The zero-order valence-electron chi connectivity index (χ0n) is 23.2. The molecule has 9 N–H and O–H groups in total. The number of hydrogen-bond donors (Lipinski definition) is 8. The van der Waals surface area contributed by atoms with Crippen molar-refractivity contribution in [2.75, 3.05) is 59.5 Å². The van der Waals surface area contributed by atoms with E-state index in [2.05, 4.69) is 15.9 Å². The first-order valence-electron chi connectivity index (χ1n) is 13.7. The minimum Gasteiger partial charge on any atom is -0.737 e. The Kier molecular flexibility index (Phi) is 18.0. The second kappa shape index (κ2) is 19.7. The van der Waals surface area contributed by atoms with Crippen LogP contribution in [0.25, 0.3) is 0 Å². The van der Waals surface area contributed by atoms with Crippen molar-refractivity contribution in [3.8, 4) is 0 Å². The van der Waals surface area contributed by atoms with Crippen LogP contribution in [-0.2, 0) is 18.9 Å². The topological polar surface area (TPSA) is 253 Å². The van der Waals surface area contributed by atoms with Crippen molar-refractivity contribution in [1.29, 1.82) is 0 Å². The molecule has 2 saturated heterocycles. The van der Waals surface area contributed by atoms with Crippen LogP contribution in [0.4, 0.5) is 0 Å². The SMILES string of the molecule is C.CO[C@H]1[C@H](O)[C@@H](O)[C@@H](OC2[C@@H](CO)O[C@H](C)[C@H](O)[C@H]2O)O[C@@H]1CNCCCNCCCN(CCCN)/[N+]([O-])=N/[O-]. The van der Waals surface area contributed by atoms with Gasteiger partial charge >= 0.3 is 0 Å². The van der Waals surface area contributed by atoms with Gasteiger partial charge in [0.15, 0.2) is 6.29 Å². The second-order valence-electron chi connectivity index (χ2n) is 9.96. The first-order valence-corrected chi connectivity index (χ1v) is 13.7. The van der Waals surface area contributed by atoms with Gasteiger partial charge in [0, 0.05) is 18.6 Å². The molecule has 0 aromatic carbocycles. The Balaban J connectivity index is 0.00000840. The van der Waals surface area contributed by atoms with E-state index < -0.39 is 67.8 Å². The van der Waals surface area contributed by atoms with E-state index in [1.807, 2.05) is 0 Å². The quantitative estimate of drug-likeness (QED) is 0.0337. The van der Waals surface area contributed by atoms with Gasteiger partial charge in [0.05, 0.1) is 25.8 Å². The fourth-order valence-electron chi connectivity index (χ4n) is 4.77. The number of nitrogens with one attached hydrogen (secondary N) is 2. The predicted octanol–water partition coefficient (Wildman–Crippen LogP) is -3.04. The van der Waals surface area contributed by atoms with E-state index in [1.54, 1.807) is 6.92 Å². The fraction of sp³-hybridized carbons (Fsp3) is 1.00. The highest BCUT2D eigenvalue weighted by molar-refractivity contribution is 4.95. The van der Waals surface area contributed by atoms with Crippen molar-refractivity contribution in [2.24, 2.45) is 11.0 Å². The number of hydrogen-bond acceptors (Lipinski definition) is 15. The number of aliphatic hydroxyl groups excluding tert-OH is 5. The van der Waals surface area contributed by atoms with Gasteiger partial charge in [-0.25, -0.2) is 0 Å². The third-order valence-corrected chi connectivity index (χ3v) is 7.06. The van der Waals surface area contributed by atoms with Gasteiger partial charge < -0.3 is 71.3 Å². The molecule has 1 unspecified atom stereocenters. The Hall–Kier alpha value is -1.48. The molecule has 0 aromatic heterocycles. The van der Waals surface area contributed by atoms with Crippen LogP contribution in [0.15, 0.2) is 5.28 Å². The molecule has 0 spiro atoms. The van der Waals surface area contributed by atoms with E-state index in [-0.39, 0.29) is 18.9 Å². The number of methoxy groups -OCH3 is 1. The maximum absolute atomic E-state index is 11.5. The zero-order chi connectivity index (χ0) is 29.7. The molecule has 0 aliphatic carbocycles. The lowest BCUT2D eigenvalue weighted by Crippen LogP contribution is -2.64. The monoisotopic (exact) mass is 599 g/mol. The molecule has 2 rings (SSSR count). The van der Waals surface area contributed by atoms with E-state index in [1.165, 1.54) is 12.1 Å². The van der Waals surface area contributed by atoms with Crippen LogP contribution in [0.1, 0.15) is 33.6 Å². The summed E-state index contributed by atoms with van der Waals surface area (Å²) in [6.45, 7) is 4.34. The highest BCUT2D eigenvalue weighted by atomic mass is 16.7. The molecule has 244 valence electrons. The fourth-order valence-corrected chi connectivity index (χ4v) is 4.77. The number of nitrogens with two attached hydrogens (primary N) is 1. The average molecular weight is 600 g/mol. The van der Waals surface area contributed by atoms with Crippen molar-refractivity contribution in [1.82, 2.24) is 15.6 Å². The van der Waals surface area contributed by atoms with Crippen LogP contribution in [0.5, 0.6) is 0 Å². The Bertz CT molecular complexity index is 728. The van der Waals surface area contributed by atoms with Gasteiger partial charge in [0.1, 0.15) is 48.8 Å². The maximum Gasteiger partial charge on any atom is 0.187 e. The van der Waals surface area contributed by atoms with Crippen molar-refractivity contribution >= 4 is 0 Å². The summed E-state index contributed by atoms with van der Waals surface area (Å²) in [5.41, 5.74) is 5.45. The summed E-state index contributed by atoms with van der Waals surface area (Å²) < 4.78 is 22.5. The van der Waals surface area contributed by atoms with Crippen molar-refractivity contribution in [2.45, 2.75) is 94.8 Å². The molecule has 2 fully saturated rings. The molecule has 17 heteroatoms. The molecule has 17 nitrogen and oxygen atoms in total. The van der Waals surface area contributed by atoms with Gasteiger partial charge in [-0.3, -0.25) is 0 Å². The molecule has 2 heterocycles. The van der Waals surface area contributed by atoms with Crippen molar-refractivity contribution in [3.63, 3.8) is 0 Å². The average Bonchev–Trinajstić information content (AvgIpc) is 2.95. The molecule has 2 aliphatic heterocycles. The van der Waals surface area contributed by atoms with Gasteiger partial charge in [-0.1, -0.05) is 7.43 Å². The van der Waals surface area contributed by atoms with E-state index in [4.69, 9.17) is 24.7 Å². The molecule has 0 radical (unpaired) electrons. The Labute approximate surface area is 241 Å². The van der Waals surface area contributed by atoms with Gasteiger partial charge in [-0.15, -0.1) is 5.01 Å². The van der Waals surface area contributed by atoms with E-state index in [0.717, 1.165) is 6.42 Å². The van der Waals surface area contributed by atoms with Gasteiger partial charge in [-0.05, 0) is 57.6 Å². The lowest BCUT2D eigenvalue weighted by Gasteiger charge is -2.46. The summed E-state index contributed by atoms with van der Waals surface area (Å²) in [6.07, 6.45) is -9.49. The van der Waals surface area contributed by atoms with Crippen LogP contribution in [0, 0.1) is 10.4 Å². The molecule has 0 saturated carbocycles. The molecule has 41 heavy (non-hydrogen) atoms. The third-order valence-electron chi connectivity index (χ3n) is 7.06. The lowest BCUT2D eigenvalue weighted by atomic mass is 9.95. The van der Waals surface area contributed by atoms with Gasteiger partial charge in [0.25, 0.3) is 0 Å². The Morgan fingerprint density at radius 1 is 0.927 bits per heavy atom. The summed E-state index contributed by atoms with van der Waals surface area (Å²) in [6, 6.07) is 0. The zero-order valence-corrected chi connectivity index (χ0v) is 23.2. The summed E-state index contributed by atoms with van der Waals surface area (Å²) in [5.74, 6) is 0. The lowest BCUT2D eigenvalue weighted by molar-refractivity contribution is -0.690. The van der Waals surface area contributed by atoms with Crippen molar-refractivity contribution < 1.29 is 49.4 Å². The summed E-state index contributed by atoms with van der Waals surface area (Å²) in [7, 11) is 1.38. The predicted molar refractivity (Wildman–Crippen MR) is 146 cm³/mol. The Morgan fingerprint density at radius 2 is 1.56 bits per heavy atom. The second-order valence-corrected chi connectivity index (χ2v) is 9.96. The molecule has 0 bridgehead atoms.